The summed E-state index contributed by atoms with van der Waals surface area (Å²) in [7, 11) is 0. The third-order valence-corrected chi connectivity index (χ3v) is 4.15. The van der Waals surface area contributed by atoms with Crippen LogP contribution in [0.1, 0.15) is 18.4 Å². The Morgan fingerprint density at radius 3 is 2.76 bits per heavy atom. The summed E-state index contributed by atoms with van der Waals surface area (Å²) < 4.78 is 5.28. The van der Waals surface area contributed by atoms with Crippen LogP contribution in [0.2, 0.25) is 0 Å². The summed E-state index contributed by atoms with van der Waals surface area (Å²) >= 11 is 0. The van der Waals surface area contributed by atoms with E-state index < -0.39 is 0 Å². The summed E-state index contributed by atoms with van der Waals surface area (Å²) in [6, 6.07) is 7.63. The Kier molecular flexibility index (Phi) is 5.72. The molecule has 2 N–H and O–H groups in total. The van der Waals surface area contributed by atoms with E-state index in [4.69, 9.17) is 4.74 Å². The van der Waals surface area contributed by atoms with Gasteiger partial charge in [-0.2, -0.15) is 0 Å². The summed E-state index contributed by atoms with van der Waals surface area (Å²) in [5.74, 6) is 0.518. The molecule has 1 aromatic rings. The minimum absolute atomic E-state index is 0.0419. The number of carbonyl (C=O) groups excluding carboxylic acids is 2. The van der Waals surface area contributed by atoms with E-state index in [0.29, 0.717) is 31.8 Å². The van der Waals surface area contributed by atoms with E-state index in [2.05, 4.69) is 10.6 Å². The largest absolute Gasteiger partial charge is 0.490 e. The molecule has 0 unspecified atom stereocenters. The van der Waals surface area contributed by atoms with Gasteiger partial charge in [-0.15, -0.1) is 0 Å². The number of ketones is 1. The number of benzene rings is 1. The first-order valence-corrected chi connectivity index (χ1v) is 8.60. The second kappa shape index (κ2) is 8.37. The van der Waals surface area contributed by atoms with Gasteiger partial charge in [0.2, 0.25) is 5.91 Å². The second-order valence-corrected chi connectivity index (χ2v) is 6.11. The van der Waals surface area contributed by atoms with Crippen molar-refractivity contribution in [3.8, 4) is 0 Å². The van der Waals surface area contributed by atoms with Gasteiger partial charge in [0.15, 0.2) is 11.5 Å². The summed E-state index contributed by atoms with van der Waals surface area (Å²) in [5, 5.41) is 5.99. The molecular weight excluding hydrogens is 318 g/mol. The zero-order valence-electron chi connectivity index (χ0n) is 14.2. The van der Waals surface area contributed by atoms with Crippen molar-refractivity contribution in [2.75, 3.05) is 31.6 Å². The molecule has 6 heteroatoms. The number of carbonyl (C=O) groups is 2. The van der Waals surface area contributed by atoms with Crippen molar-refractivity contribution in [3.63, 3.8) is 0 Å². The van der Waals surface area contributed by atoms with Crippen LogP contribution in [0.3, 0.4) is 0 Å². The minimum atomic E-state index is -0.0419. The van der Waals surface area contributed by atoms with Crippen molar-refractivity contribution in [2.45, 2.75) is 19.3 Å². The van der Waals surface area contributed by atoms with E-state index in [0.717, 1.165) is 30.8 Å². The number of hydrogen-bond acceptors (Lipinski definition) is 5. The Labute approximate surface area is 147 Å². The number of amides is 1. The van der Waals surface area contributed by atoms with Crippen molar-refractivity contribution < 1.29 is 14.3 Å². The number of nitrogens with zero attached hydrogens (tertiary/aromatic N) is 1. The van der Waals surface area contributed by atoms with E-state index in [1.54, 1.807) is 0 Å². The number of aryl methyl sites for hydroxylation is 1. The van der Waals surface area contributed by atoms with Crippen molar-refractivity contribution in [1.82, 2.24) is 10.2 Å². The standard InChI is InChI=1S/C19H23N3O3/c23-17(18-2-1-13-25-18)8-5-15-3-6-16(7-4-15)21-19(24)14-22-11-9-20-10-12-22/h2-4,6-7,9,11,20H,1,5,8,10,12-14H2,(H,21,24). The van der Waals surface area contributed by atoms with Crippen LogP contribution in [-0.2, 0) is 20.7 Å². The van der Waals surface area contributed by atoms with Gasteiger partial charge in [0.1, 0.15) is 0 Å². The quantitative estimate of drug-likeness (QED) is 0.791. The maximum atomic E-state index is 12.1. The molecule has 2 heterocycles. The smallest absolute Gasteiger partial charge is 0.243 e. The summed E-state index contributed by atoms with van der Waals surface area (Å²) in [6.45, 7) is 2.61. The fraction of sp³-hybridized carbons (Fsp3) is 0.368. The van der Waals surface area contributed by atoms with E-state index >= 15 is 0 Å². The van der Waals surface area contributed by atoms with Crippen molar-refractivity contribution in [1.29, 1.82) is 0 Å². The average molecular weight is 341 g/mol. The molecule has 0 radical (unpaired) electrons. The Morgan fingerprint density at radius 1 is 1.24 bits per heavy atom. The van der Waals surface area contributed by atoms with Crippen molar-refractivity contribution >= 4 is 17.4 Å². The van der Waals surface area contributed by atoms with Crippen LogP contribution < -0.4 is 10.6 Å². The van der Waals surface area contributed by atoms with Gasteiger partial charge in [-0.05, 0) is 30.2 Å². The number of ether oxygens (including phenoxy) is 1. The molecule has 6 nitrogen and oxygen atoms in total. The third kappa shape index (κ3) is 5.11. The van der Waals surface area contributed by atoms with E-state index in [1.165, 1.54) is 0 Å². The van der Waals surface area contributed by atoms with Crippen LogP contribution >= 0.6 is 0 Å². The molecule has 25 heavy (non-hydrogen) atoms. The molecule has 0 aromatic heterocycles. The molecular formula is C19H23N3O3. The van der Waals surface area contributed by atoms with Crippen molar-refractivity contribution in [2.24, 2.45) is 0 Å². The van der Waals surface area contributed by atoms with Gasteiger partial charge in [0, 0.05) is 44.0 Å². The molecule has 0 bridgehead atoms. The number of anilines is 1. The van der Waals surface area contributed by atoms with E-state index in [-0.39, 0.29) is 11.7 Å². The lowest BCUT2D eigenvalue weighted by Gasteiger charge is -2.23. The third-order valence-electron chi connectivity index (χ3n) is 4.15. The van der Waals surface area contributed by atoms with Crippen LogP contribution in [0.5, 0.6) is 0 Å². The molecule has 0 spiro atoms. The molecule has 0 aliphatic carbocycles. The normalized spacial score (nSPS) is 16.0. The second-order valence-electron chi connectivity index (χ2n) is 6.11. The fourth-order valence-electron chi connectivity index (χ4n) is 2.79. The number of hydrogen-bond donors (Lipinski definition) is 2. The lowest BCUT2D eigenvalue weighted by molar-refractivity contribution is -0.118. The highest BCUT2D eigenvalue weighted by Crippen LogP contribution is 2.15. The van der Waals surface area contributed by atoms with Crippen LogP contribution in [0.4, 0.5) is 5.69 Å². The first-order chi connectivity index (χ1) is 12.2. The first-order valence-electron chi connectivity index (χ1n) is 8.60. The van der Waals surface area contributed by atoms with Gasteiger partial charge in [-0.1, -0.05) is 12.1 Å². The van der Waals surface area contributed by atoms with Gasteiger partial charge in [0.25, 0.3) is 0 Å². The summed E-state index contributed by atoms with van der Waals surface area (Å²) in [4.78, 5) is 26.0. The molecule has 2 aliphatic heterocycles. The Balaban J connectivity index is 1.45. The maximum absolute atomic E-state index is 12.1. The first kappa shape index (κ1) is 17.1. The van der Waals surface area contributed by atoms with Crippen molar-refractivity contribution in [3.05, 3.63) is 54.1 Å². The zero-order valence-corrected chi connectivity index (χ0v) is 14.2. The predicted molar refractivity (Wildman–Crippen MR) is 95.8 cm³/mol. The van der Waals surface area contributed by atoms with Crippen LogP contribution in [0.25, 0.3) is 0 Å². The Bertz CT molecular complexity index is 680. The SMILES string of the molecule is O=C(CN1C=CNCC1)Nc1ccc(CCC(=O)C2=CCCO2)cc1. The van der Waals surface area contributed by atoms with Gasteiger partial charge in [-0.25, -0.2) is 0 Å². The minimum Gasteiger partial charge on any atom is -0.490 e. The highest BCUT2D eigenvalue weighted by Gasteiger charge is 2.14. The Morgan fingerprint density at radius 2 is 2.08 bits per heavy atom. The highest BCUT2D eigenvalue weighted by molar-refractivity contribution is 5.94. The zero-order chi connectivity index (χ0) is 17.5. The number of rotatable bonds is 7. The van der Waals surface area contributed by atoms with Gasteiger partial charge < -0.3 is 20.3 Å². The molecule has 0 fully saturated rings. The molecule has 132 valence electrons. The molecule has 0 saturated carbocycles. The highest BCUT2D eigenvalue weighted by atomic mass is 16.5. The maximum Gasteiger partial charge on any atom is 0.243 e. The number of allylic oxidation sites excluding steroid dienone is 1. The molecule has 1 aromatic carbocycles. The van der Waals surface area contributed by atoms with Crippen LogP contribution in [0, 0.1) is 0 Å². The monoisotopic (exact) mass is 341 g/mol. The fourth-order valence-corrected chi connectivity index (χ4v) is 2.79. The molecule has 3 rings (SSSR count). The predicted octanol–water partition coefficient (Wildman–Crippen LogP) is 1.81. The summed E-state index contributed by atoms with van der Waals surface area (Å²) in [6.07, 6.45) is 7.51. The molecule has 0 atom stereocenters. The van der Waals surface area contributed by atoms with Crippen LogP contribution in [0.15, 0.2) is 48.5 Å². The topological polar surface area (TPSA) is 70.7 Å². The molecule has 1 amide bonds. The number of nitrogens with one attached hydrogen (secondary N) is 2. The van der Waals surface area contributed by atoms with Gasteiger partial charge in [-0.3, -0.25) is 9.59 Å². The van der Waals surface area contributed by atoms with Gasteiger partial charge >= 0.3 is 0 Å². The molecule has 0 saturated heterocycles. The lowest BCUT2D eigenvalue weighted by Crippen LogP contribution is -2.36. The average Bonchev–Trinajstić information content (AvgIpc) is 3.16. The van der Waals surface area contributed by atoms with E-state index in [9.17, 15) is 9.59 Å². The number of Topliss-reactive ketones (excluding diaryl/α,β-unsaturated/α-hetero) is 1. The molecule has 2 aliphatic rings. The van der Waals surface area contributed by atoms with Crippen LogP contribution in [-0.4, -0.2) is 42.8 Å². The lowest BCUT2D eigenvalue weighted by atomic mass is 10.1. The Hall–Kier alpha value is -2.76. The van der Waals surface area contributed by atoms with Gasteiger partial charge in [0.05, 0.1) is 13.2 Å². The van der Waals surface area contributed by atoms with E-state index in [1.807, 2.05) is 47.6 Å². The summed E-state index contributed by atoms with van der Waals surface area (Å²) in [5.41, 5.74) is 1.83.